The van der Waals surface area contributed by atoms with E-state index >= 15 is 0 Å². The van der Waals surface area contributed by atoms with E-state index in [0.29, 0.717) is 5.02 Å². The summed E-state index contributed by atoms with van der Waals surface area (Å²) in [5, 5.41) is 2.69. The summed E-state index contributed by atoms with van der Waals surface area (Å²) in [4.78, 5) is 14.8. The van der Waals surface area contributed by atoms with Crippen LogP contribution in [0.25, 0.3) is 11.0 Å². The van der Waals surface area contributed by atoms with Crippen molar-refractivity contribution in [3.05, 3.63) is 33.7 Å². The largest absolute Gasteiger partial charge is 0.345 e. The molecule has 1 aliphatic heterocycles. The van der Waals surface area contributed by atoms with E-state index in [2.05, 4.69) is 9.99 Å². The predicted octanol–water partition coefficient (Wildman–Crippen LogP) is 2.10. The molecule has 1 aromatic carbocycles. The van der Waals surface area contributed by atoms with E-state index in [-0.39, 0.29) is 5.69 Å². The van der Waals surface area contributed by atoms with Gasteiger partial charge in [0.1, 0.15) is 0 Å². The van der Waals surface area contributed by atoms with E-state index in [0.717, 1.165) is 37.0 Å². The normalized spacial score (nSPS) is 16.6. The summed E-state index contributed by atoms with van der Waals surface area (Å²) in [7, 11) is 0. The Morgan fingerprint density at radius 1 is 1.18 bits per heavy atom. The molecule has 17 heavy (non-hydrogen) atoms. The third-order valence-electron chi connectivity index (χ3n) is 3.26. The number of halogens is 1. The molecule has 0 amide bonds. The van der Waals surface area contributed by atoms with Crippen LogP contribution in [0.1, 0.15) is 19.3 Å². The summed E-state index contributed by atoms with van der Waals surface area (Å²) in [6, 6.07) is 5.59. The second-order valence-corrected chi connectivity index (χ2v) is 4.80. The number of rotatable bonds is 1. The van der Waals surface area contributed by atoms with Crippen LogP contribution < -0.4 is 10.7 Å². The maximum Gasteiger partial charge on any atom is 0.345 e. The zero-order valence-electron chi connectivity index (χ0n) is 9.45. The molecule has 90 valence electrons. The Balaban J connectivity index is 2.18. The second kappa shape index (κ2) is 4.11. The van der Waals surface area contributed by atoms with Crippen molar-refractivity contribution >= 4 is 22.6 Å². The van der Waals surface area contributed by atoms with Crippen LogP contribution in [-0.2, 0) is 0 Å². The fraction of sp³-hybridized carbons (Fsp3) is 0.417. The Bertz CT molecular complexity index is 595. The van der Waals surface area contributed by atoms with Crippen LogP contribution in [0, 0.1) is 0 Å². The van der Waals surface area contributed by atoms with Crippen molar-refractivity contribution in [3.8, 4) is 0 Å². The molecule has 0 atom stereocenters. The molecular weight excluding hydrogens is 238 g/mol. The molecule has 5 heteroatoms. The molecule has 0 saturated carbocycles. The van der Waals surface area contributed by atoms with Crippen molar-refractivity contribution in [1.82, 2.24) is 9.66 Å². The molecule has 2 heterocycles. The highest BCUT2D eigenvalue weighted by Crippen LogP contribution is 2.21. The molecule has 0 aliphatic carbocycles. The smallest absolute Gasteiger partial charge is 0.308 e. The first-order chi connectivity index (χ1) is 8.27. The number of hydrogen-bond acceptors (Lipinski definition) is 2. The van der Waals surface area contributed by atoms with Gasteiger partial charge >= 0.3 is 5.69 Å². The summed E-state index contributed by atoms with van der Waals surface area (Å²) in [5.41, 5.74) is 1.49. The van der Waals surface area contributed by atoms with Gasteiger partial charge in [-0.15, -0.1) is 0 Å². The molecule has 0 radical (unpaired) electrons. The number of fused-ring (bicyclic) bond motifs is 1. The zero-order valence-corrected chi connectivity index (χ0v) is 10.2. The van der Waals surface area contributed by atoms with Crippen molar-refractivity contribution in [3.63, 3.8) is 0 Å². The third kappa shape index (κ3) is 1.72. The summed E-state index contributed by atoms with van der Waals surface area (Å²) in [6.45, 7) is 1.86. The van der Waals surface area contributed by atoms with Gasteiger partial charge in [0.05, 0.1) is 16.1 Å². The topological polar surface area (TPSA) is 41.0 Å². The standard InChI is InChI=1S/C12H14ClN3O/c13-9-5-4-6-10-11(9)14-12(17)16(10)15-7-2-1-3-8-15/h4-6H,1-3,7-8H2,(H,14,17). The van der Waals surface area contributed by atoms with Gasteiger partial charge in [0.15, 0.2) is 0 Å². The van der Waals surface area contributed by atoms with Crippen molar-refractivity contribution in [2.45, 2.75) is 19.3 Å². The molecule has 0 bridgehead atoms. The van der Waals surface area contributed by atoms with Crippen LogP contribution >= 0.6 is 11.6 Å². The summed E-state index contributed by atoms with van der Waals surface area (Å²) < 4.78 is 1.72. The minimum absolute atomic E-state index is 0.102. The Labute approximate surface area is 104 Å². The average Bonchev–Trinajstić information content (AvgIpc) is 2.68. The number of imidazole rings is 1. The predicted molar refractivity (Wildman–Crippen MR) is 69.4 cm³/mol. The molecule has 3 rings (SSSR count). The fourth-order valence-corrected chi connectivity index (χ4v) is 2.66. The van der Waals surface area contributed by atoms with Gasteiger partial charge in [-0.3, -0.25) is 0 Å². The molecule has 0 unspecified atom stereocenters. The van der Waals surface area contributed by atoms with E-state index in [4.69, 9.17) is 11.6 Å². The van der Waals surface area contributed by atoms with Crippen LogP contribution in [-0.4, -0.2) is 22.7 Å². The van der Waals surface area contributed by atoms with Crippen LogP contribution in [0.2, 0.25) is 5.02 Å². The average molecular weight is 252 g/mol. The highest BCUT2D eigenvalue weighted by Gasteiger charge is 2.16. The highest BCUT2D eigenvalue weighted by atomic mass is 35.5. The first kappa shape index (κ1) is 10.7. The lowest BCUT2D eigenvalue weighted by atomic mass is 10.2. The number of hydrogen-bond donors (Lipinski definition) is 1. The van der Waals surface area contributed by atoms with Crippen LogP contribution in [0.5, 0.6) is 0 Å². The van der Waals surface area contributed by atoms with Gasteiger partial charge in [-0.25, -0.2) is 9.47 Å². The molecule has 1 saturated heterocycles. The van der Waals surface area contributed by atoms with E-state index < -0.39 is 0 Å². The first-order valence-electron chi connectivity index (χ1n) is 5.92. The Hall–Kier alpha value is -1.42. The monoisotopic (exact) mass is 251 g/mol. The molecule has 1 N–H and O–H groups in total. The highest BCUT2D eigenvalue weighted by molar-refractivity contribution is 6.34. The minimum Gasteiger partial charge on any atom is -0.308 e. The second-order valence-electron chi connectivity index (χ2n) is 4.39. The molecule has 1 fully saturated rings. The first-order valence-corrected chi connectivity index (χ1v) is 6.29. The molecule has 0 spiro atoms. The Morgan fingerprint density at radius 3 is 2.71 bits per heavy atom. The van der Waals surface area contributed by atoms with Crippen molar-refractivity contribution in [2.75, 3.05) is 18.1 Å². The minimum atomic E-state index is -0.102. The summed E-state index contributed by atoms with van der Waals surface area (Å²) in [6.07, 6.45) is 3.52. The van der Waals surface area contributed by atoms with Crippen molar-refractivity contribution in [1.29, 1.82) is 0 Å². The zero-order chi connectivity index (χ0) is 11.8. The number of H-pyrrole nitrogens is 1. The lowest BCUT2D eigenvalue weighted by Crippen LogP contribution is -2.44. The number of nitrogens with zero attached hydrogens (tertiary/aromatic N) is 2. The summed E-state index contributed by atoms with van der Waals surface area (Å²) >= 11 is 6.08. The van der Waals surface area contributed by atoms with Crippen LogP contribution in [0.15, 0.2) is 23.0 Å². The van der Waals surface area contributed by atoms with Crippen LogP contribution in [0.4, 0.5) is 0 Å². The van der Waals surface area contributed by atoms with E-state index in [1.807, 2.05) is 12.1 Å². The van der Waals surface area contributed by atoms with E-state index in [1.54, 1.807) is 10.7 Å². The molecule has 1 aliphatic rings. The van der Waals surface area contributed by atoms with Crippen molar-refractivity contribution in [2.24, 2.45) is 0 Å². The maximum atomic E-state index is 12.0. The SMILES string of the molecule is O=c1[nH]c2c(Cl)cccc2n1N1CCCCC1. The number of nitrogens with one attached hydrogen (secondary N) is 1. The third-order valence-corrected chi connectivity index (χ3v) is 3.57. The van der Waals surface area contributed by atoms with Gasteiger partial charge in [-0.1, -0.05) is 17.7 Å². The van der Waals surface area contributed by atoms with Crippen molar-refractivity contribution < 1.29 is 0 Å². The Kier molecular flexibility index (Phi) is 2.59. The van der Waals surface area contributed by atoms with Gasteiger partial charge in [-0.2, -0.15) is 0 Å². The number of para-hydroxylation sites is 1. The van der Waals surface area contributed by atoms with E-state index in [1.165, 1.54) is 6.42 Å². The molecule has 2 aromatic rings. The van der Waals surface area contributed by atoms with E-state index in [9.17, 15) is 4.79 Å². The van der Waals surface area contributed by atoms with Gasteiger partial charge in [0.2, 0.25) is 0 Å². The number of aromatic nitrogens is 2. The van der Waals surface area contributed by atoms with Crippen LogP contribution in [0.3, 0.4) is 0 Å². The number of aromatic amines is 1. The molecule has 4 nitrogen and oxygen atoms in total. The molecule has 1 aromatic heterocycles. The summed E-state index contributed by atoms with van der Waals surface area (Å²) in [5.74, 6) is 0. The quantitative estimate of drug-likeness (QED) is 0.843. The van der Waals surface area contributed by atoms with Gasteiger partial charge in [-0.05, 0) is 31.4 Å². The fourth-order valence-electron chi connectivity index (χ4n) is 2.44. The lowest BCUT2D eigenvalue weighted by molar-refractivity contribution is 0.478. The lowest BCUT2D eigenvalue weighted by Gasteiger charge is -2.29. The Morgan fingerprint density at radius 2 is 1.94 bits per heavy atom. The molecular formula is C12H14ClN3O. The maximum absolute atomic E-state index is 12.0. The number of piperidine rings is 1. The van der Waals surface area contributed by atoms with Gasteiger partial charge < -0.3 is 9.99 Å². The van der Waals surface area contributed by atoms with Gasteiger partial charge in [0.25, 0.3) is 0 Å². The van der Waals surface area contributed by atoms with Gasteiger partial charge in [0, 0.05) is 13.1 Å². The number of benzene rings is 1.